The normalized spacial score (nSPS) is 15.6. The Morgan fingerprint density at radius 2 is 1.71 bits per heavy atom. The van der Waals surface area contributed by atoms with E-state index in [-0.39, 0.29) is 24.4 Å². The number of hydrogen-bond acceptors (Lipinski definition) is 3. The maximum Gasteiger partial charge on any atom is 0.253 e. The number of rotatable bonds is 7. The number of halogens is 1. The smallest absolute Gasteiger partial charge is 0.253 e. The number of carbonyl (C=O) groups is 2. The van der Waals surface area contributed by atoms with Crippen molar-refractivity contribution in [2.45, 2.75) is 6.04 Å². The largest absolute Gasteiger partial charge is 0.370 e. The molecule has 2 aromatic rings. The number of benzene rings is 2. The lowest BCUT2D eigenvalue weighted by atomic mass is 10.1. The van der Waals surface area contributed by atoms with Crippen LogP contribution >= 0.6 is 11.6 Å². The van der Waals surface area contributed by atoms with Gasteiger partial charge >= 0.3 is 0 Å². The fourth-order valence-electron chi connectivity index (χ4n) is 3.24. The van der Waals surface area contributed by atoms with Gasteiger partial charge in [0.2, 0.25) is 5.91 Å². The Kier molecular flexibility index (Phi) is 7.42. The Bertz CT molecular complexity index is 794. The summed E-state index contributed by atoms with van der Waals surface area (Å²) in [6, 6.07) is 16.5. The topological polar surface area (TPSA) is 71.9 Å². The monoisotopic (exact) mass is 402 g/mol. The van der Waals surface area contributed by atoms with Gasteiger partial charge in [0, 0.05) is 0 Å². The lowest BCUT2D eigenvalue weighted by Gasteiger charge is -2.28. The Balaban J connectivity index is 1.59. The SMILES string of the molecule is O=C(CNC(=O)c1ccccc1Cl)N[C@@H](C[NH+]1CCOCC1)c1ccccc1. The van der Waals surface area contributed by atoms with Crippen molar-refractivity contribution >= 4 is 23.4 Å². The minimum Gasteiger partial charge on any atom is -0.370 e. The Hall–Kier alpha value is -2.41. The molecule has 0 aliphatic carbocycles. The molecule has 0 saturated carbocycles. The van der Waals surface area contributed by atoms with Gasteiger partial charge in [0.1, 0.15) is 25.7 Å². The van der Waals surface area contributed by atoms with Crippen LogP contribution in [0, 0.1) is 0 Å². The molecule has 6 nitrogen and oxygen atoms in total. The van der Waals surface area contributed by atoms with Gasteiger partial charge in [-0.05, 0) is 17.7 Å². The molecule has 1 atom stereocenters. The van der Waals surface area contributed by atoms with Crippen molar-refractivity contribution in [3.63, 3.8) is 0 Å². The molecule has 2 aromatic carbocycles. The van der Waals surface area contributed by atoms with E-state index in [4.69, 9.17) is 16.3 Å². The third-order valence-electron chi connectivity index (χ3n) is 4.76. The summed E-state index contributed by atoms with van der Waals surface area (Å²) in [7, 11) is 0. The molecule has 1 fully saturated rings. The van der Waals surface area contributed by atoms with Gasteiger partial charge in [0.05, 0.1) is 30.3 Å². The summed E-state index contributed by atoms with van der Waals surface area (Å²) in [5.74, 6) is -0.599. The molecule has 1 saturated heterocycles. The first-order valence-electron chi connectivity index (χ1n) is 9.42. The van der Waals surface area contributed by atoms with Crippen LogP contribution in [-0.2, 0) is 9.53 Å². The molecule has 148 valence electrons. The number of morpholine rings is 1. The molecule has 1 aliphatic rings. The van der Waals surface area contributed by atoms with Gasteiger partial charge in [-0.15, -0.1) is 0 Å². The highest BCUT2D eigenvalue weighted by Crippen LogP contribution is 2.14. The molecule has 7 heteroatoms. The molecule has 0 radical (unpaired) electrons. The number of carbonyl (C=O) groups excluding carboxylic acids is 2. The van der Waals surface area contributed by atoms with Crippen LogP contribution in [0.1, 0.15) is 22.0 Å². The molecule has 1 aliphatic heterocycles. The lowest BCUT2D eigenvalue weighted by molar-refractivity contribution is -0.909. The average Bonchev–Trinajstić information content (AvgIpc) is 2.73. The van der Waals surface area contributed by atoms with Crippen molar-refractivity contribution in [2.24, 2.45) is 0 Å². The highest BCUT2D eigenvalue weighted by molar-refractivity contribution is 6.33. The van der Waals surface area contributed by atoms with Gasteiger partial charge in [-0.1, -0.05) is 54.1 Å². The zero-order chi connectivity index (χ0) is 19.8. The number of amides is 2. The van der Waals surface area contributed by atoms with E-state index in [0.29, 0.717) is 10.6 Å². The second kappa shape index (κ2) is 10.2. The van der Waals surface area contributed by atoms with E-state index in [2.05, 4.69) is 10.6 Å². The molecule has 0 unspecified atom stereocenters. The van der Waals surface area contributed by atoms with E-state index in [1.165, 1.54) is 4.90 Å². The summed E-state index contributed by atoms with van der Waals surface area (Å²) in [5.41, 5.74) is 1.40. The maximum atomic E-state index is 12.5. The number of ether oxygens (including phenoxy) is 1. The minimum atomic E-state index is -0.365. The third-order valence-corrected chi connectivity index (χ3v) is 5.09. The molecular weight excluding hydrogens is 378 g/mol. The summed E-state index contributed by atoms with van der Waals surface area (Å²) in [6.07, 6.45) is 0. The van der Waals surface area contributed by atoms with E-state index in [0.717, 1.165) is 38.4 Å². The first kappa shape index (κ1) is 20.3. The third kappa shape index (κ3) is 5.79. The second-order valence-electron chi connectivity index (χ2n) is 6.76. The van der Waals surface area contributed by atoms with E-state index in [1.807, 2.05) is 30.3 Å². The average molecular weight is 403 g/mol. The number of nitrogens with one attached hydrogen (secondary N) is 3. The second-order valence-corrected chi connectivity index (χ2v) is 7.17. The molecule has 0 bridgehead atoms. The van der Waals surface area contributed by atoms with Gasteiger partial charge < -0.3 is 20.3 Å². The molecular formula is C21H25ClN3O3+. The van der Waals surface area contributed by atoms with Crippen LogP contribution < -0.4 is 15.5 Å². The summed E-state index contributed by atoms with van der Waals surface area (Å²) in [4.78, 5) is 26.1. The van der Waals surface area contributed by atoms with Gasteiger partial charge in [-0.3, -0.25) is 9.59 Å². The van der Waals surface area contributed by atoms with Gasteiger partial charge in [-0.2, -0.15) is 0 Å². The standard InChI is InChI=1S/C21H24ClN3O3/c22-18-9-5-4-8-17(18)21(27)23-14-20(26)24-19(16-6-2-1-3-7-16)15-25-10-12-28-13-11-25/h1-9,19H,10-15H2,(H,23,27)(H,24,26)/p+1/t19-/m0/s1. The molecule has 0 spiro atoms. The van der Waals surface area contributed by atoms with Crippen LogP contribution in [0.2, 0.25) is 5.02 Å². The van der Waals surface area contributed by atoms with Crippen molar-refractivity contribution in [3.05, 3.63) is 70.7 Å². The first-order chi connectivity index (χ1) is 13.6. The molecule has 1 heterocycles. The Labute approximate surface area is 169 Å². The van der Waals surface area contributed by atoms with Crippen LogP contribution in [-0.4, -0.2) is 51.2 Å². The highest BCUT2D eigenvalue weighted by Gasteiger charge is 2.23. The van der Waals surface area contributed by atoms with Gasteiger partial charge in [-0.25, -0.2) is 0 Å². The molecule has 3 rings (SSSR count). The van der Waals surface area contributed by atoms with E-state index >= 15 is 0 Å². The van der Waals surface area contributed by atoms with Crippen LogP contribution in [0.3, 0.4) is 0 Å². The van der Waals surface area contributed by atoms with E-state index in [9.17, 15) is 9.59 Å². The fourth-order valence-corrected chi connectivity index (χ4v) is 3.46. The zero-order valence-electron chi connectivity index (χ0n) is 15.6. The fraction of sp³-hybridized carbons (Fsp3) is 0.333. The Morgan fingerprint density at radius 3 is 2.43 bits per heavy atom. The van der Waals surface area contributed by atoms with Crippen molar-refractivity contribution < 1.29 is 19.2 Å². The highest BCUT2D eigenvalue weighted by atomic mass is 35.5. The first-order valence-corrected chi connectivity index (χ1v) is 9.79. The van der Waals surface area contributed by atoms with E-state index in [1.54, 1.807) is 24.3 Å². The van der Waals surface area contributed by atoms with Crippen molar-refractivity contribution in [2.75, 3.05) is 39.4 Å². The van der Waals surface area contributed by atoms with Crippen LogP contribution in [0.5, 0.6) is 0 Å². The summed E-state index contributed by atoms with van der Waals surface area (Å²) < 4.78 is 5.42. The predicted octanol–water partition coefficient (Wildman–Crippen LogP) is 0.842. The minimum absolute atomic E-state index is 0.105. The van der Waals surface area contributed by atoms with Crippen LogP contribution in [0.4, 0.5) is 0 Å². The molecule has 28 heavy (non-hydrogen) atoms. The number of hydrogen-bond donors (Lipinski definition) is 3. The maximum absolute atomic E-state index is 12.5. The molecule has 3 N–H and O–H groups in total. The zero-order valence-corrected chi connectivity index (χ0v) is 16.4. The van der Waals surface area contributed by atoms with Crippen molar-refractivity contribution in [1.82, 2.24) is 10.6 Å². The molecule has 0 aromatic heterocycles. The van der Waals surface area contributed by atoms with Gasteiger partial charge in [0.15, 0.2) is 0 Å². The van der Waals surface area contributed by atoms with E-state index < -0.39 is 0 Å². The predicted molar refractivity (Wildman–Crippen MR) is 107 cm³/mol. The summed E-state index contributed by atoms with van der Waals surface area (Å²) in [5, 5.41) is 6.05. The Morgan fingerprint density at radius 1 is 1.04 bits per heavy atom. The number of quaternary nitrogens is 1. The van der Waals surface area contributed by atoms with Crippen molar-refractivity contribution in [3.8, 4) is 0 Å². The molecule has 2 amide bonds. The summed E-state index contributed by atoms with van der Waals surface area (Å²) in [6.45, 7) is 3.98. The van der Waals surface area contributed by atoms with Crippen LogP contribution in [0.15, 0.2) is 54.6 Å². The van der Waals surface area contributed by atoms with Gasteiger partial charge in [0.25, 0.3) is 5.91 Å². The van der Waals surface area contributed by atoms with Crippen molar-refractivity contribution in [1.29, 1.82) is 0 Å². The lowest BCUT2D eigenvalue weighted by Crippen LogP contribution is -3.14. The van der Waals surface area contributed by atoms with Crippen LogP contribution in [0.25, 0.3) is 0 Å². The summed E-state index contributed by atoms with van der Waals surface area (Å²) >= 11 is 6.03. The quantitative estimate of drug-likeness (QED) is 0.642.